The molecule has 5 aromatic rings. The fourth-order valence-electron chi connectivity index (χ4n) is 6.14. The number of hydrogen-bond acceptors (Lipinski definition) is 8. The van der Waals surface area contributed by atoms with Gasteiger partial charge in [0.05, 0.1) is 28.2 Å². The standard InChI is InChI=1S/C31H28N8O2S/c1-17-7-6-8-19-13-22(39(30(41)25(17)19)21-9-4-3-5-10-21)15-38-29-26(28(32)33-16-34-29)27(37-38)20-11-12-24-23(14-20)36-31(42-24)35-18(2)40/h3-7,9-12,14,16,19,22H,8,13,15H2,1-2H3,(H2,32,33,34)(H,35,36,40). The highest BCUT2D eigenvalue weighted by atomic mass is 32.1. The molecule has 1 fully saturated rings. The van der Waals surface area contributed by atoms with Gasteiger partial charge in [0.2, 0.25) is 5.91 Å². The zero-order valence-electron chi connectivity index (χ0n) is 23.1. The number of hydrogen-bond donors (Lipinski definition) is 2. The normalized spacial score (nSPS) is 18.6. The van der Waals surface area contributed by atoms with Crippen molar-refractivity contribution in [2.45, 2.75) is 39.3 Å². The van der Waals surface area contributed by atoms with E-state index >= 15 is 0 Å². The number of nitrogens with two attached hydrogens (primary N) is 1. The van der Waals surface area contributed by atoms with Gasteiger partial charge in [0.15, 0.2) is 10.8 Å². The van der Waals surface area contributed by atoms with E-state index < -0.39 is 0 Å². The molecule has 210 valence electrons. The number of allylic oxidation sites excluding steroid dienone is 3. The van der Waals surface area contributed by atoms with Gasteiger partial charge < -0.3 is 16.0 Å². The first-order valence-corrected chi connectivity index (χ1v) is 14.6. The summed E-state index contributed by atoms with van der Waals surface area (Å²) in [4.78, 5) is 40.9. The van der Waals surface area contributed by atoms with Crippen molar-refractivity contribution in [2.24, 2.45) is 5.92 Å². The van der Waals surface area contributed by atoms with Crippen molar-refractivity contribution in [3.8, 4) is 11.3 Å². The highest BCUT2D eigenvalue weighted by Gasteiger charge is 2.40. The molecule has 0 saturated carbocycles. The van der Waals surface area contributed by atoms with Crippen molar-refractivity contribution in [1.82, 2.24) is 24.7 Å². The molecule has 0 spiro atoms. The molecule has 11 heteroatoms. The minimum atomic E-state index is -0.170. The van der Waals surface area contributed by atoms with Gasteiger partial charge in [-0.3, -0.25) is 9.59 Å². The fourth-order valence-corrected chi connectivity index (χ4v) is 7.03. The Bertz CT molecular complexity index is 1940. The van der Waals surface area contributed by atoms with Crippen molar-refractivity contribution < 1.29 is 9.59 Å². The summed E-state index contributed by atoms with van der Waals surface area (Å²) in [5.41, 5.74) is 12.0. The van der Waals surface area contributed by atoms with Crippen LogP contribution in [0.2, 0.25) is 0 Å². The van der Waals surface area contributed by atoms with Crippen LogP contribution in [0.25, 0.3) is 32.5 Å². The van der Waals surface area contributed by atoms with E-state index in [1.54, 1.807) is 0 Å². The minimum absolute atomic E-state index is 0.0408. The SMILES string of the molecule is CC(=O)Nc1nc2cc(-c3nn(CC4CC5CC=CC(C)=C5C(=O)N4c4ccccc4)c4ncnc(N)c34)ccc2s1. The lowest BCUT2D eigenvalue weighted by atomic mass is 9.78. The lowest BCUT2D eigenvalue weighted by molar-refractivity contribution is -0.117. The van der Waals surface area contributed by atoms with Gasteiger partial charge >= 0.3 is 0 Å². The van der Waals surface area contributed by atoms with E-state index in [1.807, 2.05) is 65.0 Å². The second-order valence-electron chi connectivity index (χ2n) is 10.7. The average molecular weight is 577 g/mol. The molecule has 2 amide bonds. The van der Waals surface area contributed by atoms with E-state index in [1.165, 1.54) is 24.6 Å². The van der Waals surface area contributed by atoms with Crippen molar-refractivity contribution in [3.05, 3.63) is 78.2 Å². The maximum absolute atomic E-state index is 14.0. The number of benzene rings is 2. The summed E-state index contributed by atoms with van der Waals surface area (Å²) in [7, 11) is 0. The van der Waals surface area contributed by atoms with Crippen molar-refractivity contribution in [2.75, 3.05) is 16.0 Å². The third-order valence-electron chi connectivity index (χ3n) is 7.91. The molecular formula is C31H28N8O2S. The van der Waals surface area contributed by atoms with E-state index in [9.17, 15) is 9.59 Å². The number of carbonyl (C=O) groups is 2. The van der Waals surface area contributed by atoms with Crippen LogP contribution in [0.4, 0.5) is 16.6 Å². The number of piperidine rings is 1. The van der Waals surface area contributed by atoms with Crippen LogP contribution in [-0.2, 0) is 16.1 Å². The molecule has 1 aliphatic heterocycles. The van der Waals surface area contributed by atoms with Crippen LogP contribution in [0.3, 0.4) is 0 Å². The number of rotatable bonds is 5. The summed E-state index contributed by atoms with van der Waals surface area (Å²) in [6.45, 7) is 3.91. The van der Waals surface area contributed by atoms with Gasteiger partial charge in [-0.15, -0.1) is 0 Å². The first-order chi connectivity index (χ1) is 20.4. The predicted octanol–water partition coefficient (Wildman–Crippen LogP) is 5.34. The maximum Gasteiger partial charge on any atom is 0.255 e. The number of anilines is 3. The molecule has 0 radical (unpaired) electrons. The summed E-state index contributed by atoms with van der Waals surface area (Å²) < 4.78 is 2.79. The van der Waals surface area contributed by atoms with Crippen molar-refractivity contribution in [3.63, 3.8) is 0 Å². The summed E-state index contributed by atoms with van der Waals surface area (Å²) in [5.74, 6) is 0.352. The number of carbonyl (C=O) groups excluding carboxylic acids is 2. The molecule has 4 heterocycles. The Labute approximate surface area is 245 Å². The van der Waals surface area contributed by atoms with Crippen molar-refractivity contribution in [1.29, 1.82) is 0 Å². The van der Waals surface area contributed by atoms with Gasteiger partial charge in [-0.25, -0.2) is 19.6 Å². The molecule has 2 aromatic carbocycles. The molecule has 7 rings (SSSR count). The van der Waals surface area contributed by atoms with Crippen LogP contribution in [0.15, 0.2) is 78.2 Å². The predicted molar refractivity (Wildman–Crippen MR) is 165 cm³/mol. The summed E-state index contributed by atoms with van der Waals surface area (Å²) in [5, 5.41) is 8.97. The summed E-state index contributed by atoms with van der Waals surface area (Å²) in [6.07, 6.45) is 7.30. The Morgan fingerprint density at radius 1 is 1.17 bits per heavy atom. The molecule has 3 N–H and O–H groups in total. The molecule has 1 saturated heterocycles. The lowest BCUT2D eigenvalue weighted by Crippen LogP contribution is -2.50. The maximum atomic E-state index is 14.0. The molecule has 2 aliphatic rings. The number of nitrogen functional groups attached to an aromatic ring is 1. The molecule has 0 bridgehead atoms. The van der Waals surface area contributed by atoms with E-state index in [0.29, 0.717) is 34.2 Å². The first-order valence-electron chi connectivity index (χ1n) is 13.8. The highest BCUT2D eigenvalue weighted by Crippen LogP contribution is 2.40. The Kier molecular flexibility index (Phi) is 6.31. The van der Waals surface area contributed by atoms with E-state index in [4.69, 9.17) is 10.8 Å². The monoisotopic (exact) mass is 576 g/mol. The van der Waals surface area contributed by atoms with Gasteiger partial charge in [-0.2, -0.15) is 5.10 Å². The number of nitrogens with zero attached hydrogens (tertiary/aromatic N) is 6. The van der Waals surface area contributed by atoms with Gasteiger partial charge in [-0.1, -0.05) is 47.8 Å². The second-order valence-corrected chi connectivity index (χ2v) is 11.7. The second kappa shape index (κ2) is 10.2. The van der Waals surface area contributed by atoms with Crippen LogP contribution in [0.1, 0.15) is 26.7 Å². The van der Waals surface area contributed by atoms with Crippen LogP contribution in [0.5, 0.6) is 0 Å². The Hall–Kier alpha value is -4.90. The number of fused-ring (bicyclic) bond motifs is 3. The number of amides is 2. The zero-order valence-corrected chi connectivity index (χ0v) is 23.9. The first kappa shape index (κ1) is 26.0. The molecule has 2 atom stereocenters. The minimum Gasteiger partial charge on any atom is -0.383 e. The largest absolute Gasteiger partial charge is 0.383 e. The fraction of sp³-hybridized carbons (Fsp3) is 0.226. The third kappa shape index (κ3) is 4.42. The topological polar surface area (TPSA) is 132 Å². The third-order valence-corrected chi connectivity index (χ3v) is 8.86. The number of aromatic nitrogens is 5. The average Bonchev–Trinajstić information content (AvgIpc) is 3.54. The summed E-state index contributed by atoms with van der Waals surface area (Å²) >= 11 is 1.41. The van der Waals surface area contributed by atoms with Gasteiger partial charge in [0.1, 0.15) is 17.8 Å². The zero-order chi connectivity index (χ0) is 29.0. The number of para-hydroxylation sites is 1. The highest BCUT2D eigenvalue weighted by molar-refractivity contribution is 7.22. The molecule has 42 heavy (non-hydrogen) atoms. The van der Waals surface area contributed by atoms with Crippen LogP contribution in [0, 0.1) is 5.92 Å². The molecule has 10 nitrogen and oxygen atoms in total. The molecule has 2 unspecified atom stereocenters. The van der Waals surface area contributed by atoms with E-state index in [-0.39, 0.29) is 23.8 Å². The number of nitrogens with one attached hydrogen (secondary N) is 1. The van der Waals surface area contributed by atoms with Gasteiger partial charge in [0.25, 0.3) is 5.91 Å². The van der Waals surface area contributed by atoms with Gasteiger partial charge in [0, 0.05) is 23.7 Å². The quantitative estimate of drug-likeness (QED) is 0.289. The Morgan fingerprint density at radius 3 is 2.81 bits per heavy atom. The van der Waals surface area contributed by atoms with E-state index in [2.05, 4.69) is 32.4 Å². The number of thiazole rings is 1. The molecule has 3 aromatic heterocycles. The van der Waals surface area contributed by atoms with Crippen LogP contribution >= 0.6 is 11.3 Å². The molecular weight excluding hydrogens is 548 g/mol. The summed E-state index contributed by atoms with van der Waals surface area (Å²) in [6, 6.07) is 15.5. The Morgan fingerprint density at radius 2 is 2.00 bits per heavy atom. The van der Waals surface area contributed by atoms with Crippen LogP contribution in [-0.4, -0.2) is 42.6 Å². The molecule has 1 aliphatic carbocycles. The van der Waals surface area contributed by atoms with Crippen LogP contribution < -0.4 is 16.0 Å². The van der Waals surface area contributed by atoms with E-state index in [0.717, 1.165) is 45.5 Å². The lowest BCUT2D eigenvalue weighted by Gasteiger charge is -2.42. The smallest absolute Gasteiger partial charge is 0.255 e. The Balaban J connectivity index is 1.32. The van der Waals surface area contributed by atoms with Gasteiger partial charge in [-0.05, 0) is 55.5 Å². The van der Waals surface area contributed by atoms with Crippen molar-refractivity contribution >= 4 is 61.0 Å².